The third kappa shape index (κ3) is 7.22. The van der Waals surface area contributed by atoms with E-state index in [1.807, 2.05) is 32.3 Å². The number of aliphatic imine (C=N–C) groups is 1. The minimum absolute atomic E-state index is 0.630. The summed E-state index contributed by atoms with van der Waals surface area (Å²) in [6.45, 7) is 20.7. The van der Waals surface area contributed by atoms with Crippen molar-refractivity contribution >= 4 is 17.5 Å². The van der Waals surface area contributed by atoms with Crippen LogP contribution >= 0.6 is 11.8 Å². The summed E-state index contributed by atoms with van der Waals surface area (Å²) in [6, 6.07) is 0. The van der Waals surface area contributed by atoms with E-state index in [0.717, 1.165) is 28.3 Å². The Bertz CT molecular complexity index is 423. The van der Waals surface area contributed by atoms with Crippen LogP contribution in [0.1, 0.15) is 48.0 Å². The summed E-state index contributed by atoms with van der Waals surface area (Å²) in [5.74, 6) is 0.630. The molecule has 0 aromatic rings. The van der Waals surface area contributed by atoms with E-state index in [4.69, 9.17) is 4.99 Å². The van der Waals surface area contributed by atoms with Crippen LogP contribution in [0, 0.1) is 5.92 Å². The predicted octanol–water partition coefficient (Wildman–Crippen LogP) is 6.12. The lowest BCUT2D eigenvalue weighted by atomic mass is 10.0. The summed E-state index contributed by atoms with van der Waals surface area (Å²) in [5.41, 5.74) is 4.30. The maximum atomic E-state index is 4.72. The van der Waals surface area contributed by atoms with Gasteiger partial charge in [-0.1, -0.05) is 44.8 Å². The third-order valence-corrected chi connectivity index (χ3v) is 3.54. The van der Waals surface area contributed by atoms with Gasteiger partial charge in [0.1, 0.15) is 0 Å². The Morgan fingerprint density at radius 1 is 1.21 bits per heavy atom. The van der Waals surface area contributed by atoms with Crippen molar-refractivity contribution < 1.29 is 0 Å². The summed E-state index contributed by atoms with van der Waals surface area (Å²) < 4.78 is 0. The van der Waals surface area contributed by atoms with Crippen LogP contribution in [0.4, 0.5) is 0 Å². The van der Waals surface area contributed by atoms with Crippen LogP contribution in [-0.2, 0) is 0 Å². The van der Waals surface area contributed by atoms with Crippen molar-refractivity contribution in [2.45, 2.75) is 48.0 Å². The predicted molar refractivity (Wildman–Crippen MR) is 91.6 cm³/mol. The molecule has 0 amide bonds. The van der Waals surface area contributed by atoms with Crippen LogP contribution in [0.5, 0.6) is 0 Å². The van der Waals surface area contributed by atoms with Crippen molar-refractivity contribution in [3.05, 3.63) is 46.4 Å². The molecule has 1 nitrogen and oxygen atoms in total. The molecule has 0 aromatic heterocycles. The lowest BCUT2D eigenvalue weighted by molar-refractivity contribution is 0.638. The molecule has 0 aliphatic rings. The maximum Gasteiger partial charge on any atom is 0.0645 e. The van der Waals surface area contributed by atoms with Gasteiger partial charge in [-0.2, -0.15) is 0 Å². The van der Waals surface area contributed by atoms with Crippen molar-refractivity contribution in [2.75, 3.05) is 0 Å². The number of thioether (sulfide) groups is 1. The fourth-order valence-electron chi connectivity index (χ4n) is 1.73. The van der Waals surface area contributed by atoms with E-state index in [1.165, 1.54) is 5.57 Å². The average Bonchev–Trinajstić information content (AvgIpc) is 2.30. The number of nitrogens with zero attached hydrogens (tertiary/aromatic N) is 1. The van der Waals surface area contributed by atoms with Gasteiger partial charge in [0.15, 0.2) is 0 Å². The molecule has 0 radical (unpaired) electrons. The third-order valence-electron chi connectivity index (χ3n) is 2.55. The summed E-state index contributed by atoms with van der Waals surface area (Å²) in [7, 11) is 0. The minimum Gasteiger partial charge on any atom is -0.252 e. The van der Waals surface area contributed by atoms with E-state index in [1.54, 1.807) is 11.8 Å². The van der Waals surface area contributed by atoms with Crippen LogP contribution < -0.4 is 0 Å². The molecule has 0 aliphatic heterocycles. The molecule has 0 rings (SSSR count). The quantitative estimate of drug-likeness (QED) is 0.403. The zero-order chi connectivity index (χ0) is 15.0. The number of hydrogen-bond donors (Lipinski definition) is 0. The van der Waals surface area contributed by atoms with Crippen molar-refractivity contribution in [1.29, 1.82) is 0 Å². The first-order chi connectivity index (χ1) is 8.79. The molecular weight excluding hydrogens is 250 g/mol. The Hall–Kier alpha value is -1.02. The minimum atomic E-state index is 0.630. The van der Waals surface area contributed by atoms with Crippen molar-refractivity contribution in [3.63, 3.8) is 0 Å². The monoisotopic (exact) mass is 277 g/mol. The molecule has 19 heavy (non-hydrogen) atoms. The van der Waals surface area contributed by atoms with E-state index < -0.39 is 0 Å². The zero-order valence-electron chi connectivity index (χ0n) is 13.2. The van der Waals surface area contributed by atoms with Gasteiger partial charge in [-0.3, -0.25) is 4.99 Å². The van der Waals surface area contributed by atoms with Crippen LogP contribution in [0.15, 0.2) is 51.4 Å². The average molecular weight is 277 g/mol. The largest absolute Gasteiger partial charge is 0.252 e. The van der Waals surface area contributed by atoms with Crippen LogP contribution in [0.2, 0.25) is 0 Å². The van der Waals surface area contributed by atoms with Crippen molar-refractivity contribution in [2.24, 2.45) is 10.9 Å². The van der Waals surface area contributed by atoms with Crippen LogP contribution in [0.3, 0.4) is 0 Å². The first-order valence-corrected chi connectivity index (χ1v) is 7.55. The second-order valence-corrected chi connectivity index (χ2v) is 6.22. The molecule has 0 bridgehead atoms. The Labute approximate surface area is 123 Å². The lowest BCUT2D eigenvalue weighted by Gasteiger charge is -2.12. The molecule has 0 unspecified atom stereocenters. The second kappa shape index (κ2) is 8.98. The van der Waals surface area contributed by atoms with E-state index in [2.05, 4.69) is 33.9 Å². The molecule has 2 heteroatoms. The molecule has 0 saturated carbocycles. The summed E-state index contributed by atoms with van der Waals surface area (Å²) in [6.07, 6.45) is 3.05. The smallest absolute Gasteiger partial charge is 0.0645 e. The lowest BCUT2D eigenvalue weighted by Crippen LogP contribution is -1.98. The van der Waals surface area contributed by atoms with E-state index in [9.17, 15) is 0 Å². The van der Waals surface area contributed by atoms with Crippen molar-refractivity contribution in [3.8, 4) is 0 Å². The van der Waals surface area contributed by atoms with E-state index in [-0.39, 0.29) is 0 Å². The van der Waals surface area contributed by atoms with Gasteiger partial charge in [-0.15, -0.1) is 0 Å². The highest BCUT2D eigenvalue weighted by Crippen LogP contribution is 2.23. The number of rotatable bonds is 7. The van der Waals surface area contributed by atoms with Gasteiger partial charge in [0.2, 0.25) is 0 Å². The molecule has 0 spiro atoms. The van der Waals surface area contributed by atoms with Gasteiger partial charge in [0, 0.05) is 4.91 Å². The normalized spacial score (nSPS) is 13.9. The fraction of sp³-hybridized carbons (Fsp3) is 0.471. The highest BCUT2D eigenvalue weighted by Gasteiger charge is 2.07. The highest BCUT2D eigenvalue weighted by molar-refractivity contribution is 8.06. The molecule has 0 saturated heterocycles. The summed E-state index contributed by atoms with van der Waals surface area (Å²) in [4.78, 5) is 5.71. The molecule has 0 N–H and O–H groups in total. The number of allylic oxidation sites excluding steroid dienone is 4. The molecule has 0 heterocycles. The molecule has 0 fully saturated rings. The Morgan fingerprint density at radius 2 is 1.79 bits per heavy atom. The van der Waals surface area contributed by atoms with Crippen LogP contribution in [-0.4, -0.2) is 5.71 Å². The molecular formula is C17H27NS. The van der Waals surface area contributed by atoms with Gasteiger partial charge in [-0.05, 0) is 56.6 Å². The zero-order valence-corrected chi connectivity index (χ0v) is 14.0. The Kier molecular flexibility index (Phi) is 8.49. The van der Waals surface area contributed by atoms with E-state index >= 15 is 0 Å². The summed E-state index contributed by atoms with van der Waals surface area (Å²) in [5, 5.41) is 2.02. The summed E-state index contributed by atoms with van der Waals surface area (Å²) >= 11 is 1.61. The van der Waals surface area contributed by atoms with Crippen molar-refractivity contribution in [1.82, 2.24) is 0 Å². The Morgan fingerprint density at radius 3 is 2.21 bits per heavy atom. The van der Waals surface area contributed by atoms with E-state index in [0.29, 0.717) is 5.92 Å². The van der Waals surface area contributed by atoms with Gasteiger partial charge in [-0.25, -0.2) is 0 Å². The van der Waals surface area contributed by atoms with Gasteiger partial charge < -0.3 is 0 Å². The van der Waals surface area contributed by atoms with Crippen LogP contribution in [0.25, 0.3) is 0 Å². The first-order valence-electron chi connectivity index (χ1n) is 6.67. The highest BCUT2D eigenvalue weighted by atomic mass is 32.2. The number of hydrogen-bond acceptors (Lipinski definition) is 2. The maximum absolute atomic E-state index is 4.72. The molecule has 0 aromatic carbocycles. The topological polar surface area (TPSA) is 12.4 Å². The fourth-order valence-corrected chi connectivity index (χ4v) is 2.25. The van der Waals surface area contributed by atoms with Gasteiger partial charge >= 0.3 is 0 Å². The molecule has 106 valence electrons. The van der Waals surface area contributed by atoms with Gasteiger partial charge in [0.25, 0.3) is 0 Å². The molecule has 0 atom stereocenters. The molecule has 0 aliphatic carbocycles. The standard InChI is InChI=1S/C17H27NS/c1-9-10-19-16(8)15(7)18-17(13(4)5)14(6)11-12(2)3/h9-10,12H,4,8,11H2,1-3,5-7H3/b10-9-,17-14+,18-15?. The second-order valence-electron chi connectivity index (χ2n) is 5.21. The Balaban J connectivity index is 5.22. The SMILES string of the molecule is C=C(S/C=C\C)C(C)=N/C(C(=C)C)=C(\C)CC(C)C. The first kappa shape index (κ1) is 18.0. The van der Waals surface area contributed by atoms with Gasteiger partial charge in [0.05, 0.1) is 11.4 Å².